The summed E-state index contributed by atoms with van der Waals surface area (Å²) in [6.07, 6.45) is -0.840. The van der Waals surface area contributed by atoms with Crippen molar-refractivity contribution in [3.05, 3.63) is 35.9 Å². The molecule has 22 heavy (non-hydrogen) atoms. The second-order valence-electron chi connectivity index (χ2n) is 4.71. The largest absolute Gasteiger partial charge is 0.463 e. The van der Waals surface area contributed by atoms with E-state index in [-0.39, 0.29) is 13.2 Å². The molecule has 0 aromatic heterocycles. The molecule has 0 aliphatic heterocycles. The van der Waals surface area contributed by atoms with Gasteiger partial charge in [0, 0.05) is 6.92 Å². The van der Waals surface area contributed by atoms with E-state index in [0.717, 1.165) is 5.56 Å². The van der Waals surface area contributed by atoms with Crippen LogP contribution in [0.2, 0.25) is 0 Å². The van der Waals surface area contributed by atoms with Gasteiger partial charge in [-0.15, -0.1) is 0 Å². The van der Waals surface area contributed by atoms with Gasteiger partial charge in [0.1, 0.15) is 6.61 Å². The Kier molecular flexibility index (Phi) is 6.37. The highest BCUT2D eigenvalue weighted by Crippen LogP contribution is 2.06. The minimum atomic E-state index is -1.68. The van der Waals surface area contributed by atoms with Gasteiger partial charge in [0.2, 0.25) is 11.6 Å². The van der Waals surface area contributed by atoms with Gasteiger partial charge in [-0.05, 0) is 19.4 Å². The van der Waals surface area contributed by atoms with Crippen LogP contribution in [0.4, 0.5) is 4.79 Å². The van der Waals surface area contributed by atoms with Gasteiger partial charge in [0.05, 0.1) is 6.61 Å². The Morgan fingerprint density at radius 2 is 1.73 bits per heavy atom. The zero-order valence-electron chi connectivity index (χ0n) is 12.8. The van der Waals surface area contributed by atoms with Gasteiger partial charge in [-0.2, -0.15) is 0 Å². The van der Waals surface area contributed by atoms with Crippen molar-refractivity contribution in [3.63, 3.8) is 0 Å². The Hall–Kier alpha value is -2.57. The van der Waals surface area contributed by atoms with Crippen LogP contribution in [-0.4, -0.2) is 30.2 Å². The van der Waals surface area contributed by atoms with Crippen molar-refractivity contribution < 1.29 is 23.9 Å². The molecule has 0 heterocycles. The van der Waals surface area contributed by atoms with Gasteiger partial charge in [0.25, 0.3) is 0 Å². The average molecular weight is 308 g/mol. The first-order valence-electron chi connectivity index (χ1n) is 6.82. The van der Waals surface area contributed by atoms with E-state index in [0.29, 0.717) is 0 Å². The third-order valence-corrected chi connectivity index (χ3v) is 2.67. The summed E-state index contributed by atoms with van der Waals surface area (Å²) in [4.78, 5) is 35.0. The highest BCUT2D eigenvalue weighted by molar-refractivity contribution is 5.89. The first-order valence-corrected chi connectivity index (χ1v) is 6.82. The highest BCUT2D eigenvalue weighted by Gasteiger charge is 2.38. The van der Waals surface area contributed by atoms with Crippen molar-refractivity contribution in [1.82, 2.24) is 10.6 Å². The summed E-state index contributed by atoms with van der Waals surface area (Å²) in [7, 11) is 0. The number of hydrogen-bond donors (Lipinski definition) is 2. The molecule has 0 spiro atoms. The predicted octanol–water partition coefficient (Wildman–Crippen LogP) is 1.33. The first kappa shape index (κ1) is 17.5. The molecule has 120 valence electrons. The molecule has 0 aliphatic rings. The Bertz CT molecular complexity index is 532. The van der Waals surface area contributed by atoms with E-state index in [1.54, 1.807) is 19.1 Å². The van der Waals surface area contributed by atoms with Crippen LogP contribution in [0.3, 0.4) is 0 Å². The summed E-state index contributed by atoms with van der Waals surface area (Å²) in [6, 6.07) is 9.07. The van der Waals surface area contributed by atoms with E-state index >= 15 is 0 Å². The molecule has 0 radical (unpaired) electrons. The molecule has 7 heteroatoms. The molecule has 7 nitrogen and oxygen atoms in total. The topological polar surface area (TPSA) is 93.7 Å². The summed E-state index contributed by atoms with van der Waals surface area (Å²) in [5.74, 6) is -1.26. The van der Waals surface area contributed by atoms with Crippen LogP contribution in [0.5, 0.6) is 0 Å². The fourth-order valence-electron chi connectivity index (χ4n) is 1.72. The zero-order valence-corrected chi connectivity index (χ0v) is 12.8. The Morgan fingerprint density at radius 3 is 2.27 bits per heavy atom. The van der Waals surface area contributed by atoms with Crippen LogP contribution in [0.25, 0.3) is 0 Å². The molecule has 2 amide bonds. The van der Waals surface area contributed by atoms with Gasteiger partial charge in [-0.1, -0.05) is 30.3 Å². The van der Waals surface area contributed by atoms with Gasteiger partial charge >= 0.3 is 12.1 Å². The van der Waals surface area contributed by atoms with Crippen molar-refractivity contribution in [1.29, 1.82) is 0 Å². The number of nitrogens with one attached hydrogen (secondary N) is 2. The van der Waals surface area contributed by atoms with Gasteiger partial charge in [-0.25, -0.2) is 9.59 Å². The second-order valence-corrected chi connectivity index (χ2v) is 4.71. The Morgan fingerprint density at radius 1 is 1.09 bits per heavy atom. The molecule has 1 atom stereocenters. The summed E-state index contributed by atoms with van der Waals surface area (Å²) in [6.45, 7) is 4.35. The molecule has 1 rings (SSSR count). The van der Waals surface area contributed by atoms with Crippen molar-refractivity contribution in [2.45, 2.75) is 33.0 Å². The summed E-state index contributed by atoms with van der Waals surface area (Å²) >= 11 is 0. The van der Waals surface area contributed by atoms with Crippen molar-refractivity contribution in [3.8, 4) is 0 Å². The second kappa shape index (κ2) is 8.02. The molecule has 0 fully saturated rings. The Balaban J connectivity index is 2.66. The fraction of sp³-hybridized carbons (Fsp3) is 0.400. The Labute approximate surface area is 129 Å². The maximum absolute atomic E-state index is 11.9. The molecule has 0 aliphatic carbocycles. The number of rotatable bonds is 6. The summed E-state index contributed by atoms with van der Waals surface area (Å²) in [5, 5.41) is 4.66. The number of carbonyl (C=O) groups is 3. The summed E-state index contributed by atoms with van der Waals surface area (Å²) < 4.78 is 9.87. The molecule has 1 aromatic carbocycles. The van der Waals surface area contributed by atoms with Crippen LogP contribution >= 0.6 is 0 Å². The monoisotopic (exact) mass is 308 g/mol. The normalized spacial score (nSPS) is 12.7. The summed E-state index contributed by atoms with van der Waals surface area (Å²) in [5.41, 5.74) is -0.884. The van der Waals surface area contributed by atoms with E-state index in [9.17, 15) is 14.4 Å². The van der Waals surface area contributed by atoms with E-state index in [1.165, 1.54) is 13.8 Å². The molecule has 0 saturated heterocycles. The SMILES string of the molecule is CCOC(=O)C(C)(NC(C)=O)NC(=O)OCc1ccccc1. The minimum Gasteiger partial charge on any atom is -0.463 e. The van der Waals surface area contributed by atoms with Crippen molar-refractivity contribution in [2.24, 2.45) is 0 Å². The number of benzene rings is 1. The number of esters is 1. The van der Waals surface area contributed by atoms with Crippen molar-refractivity contribution >= 4 is 18.0 Å². The third-order valence-electron chi connectivity index (χ3n) is 2.67. The quantitative estimate of drug-likeness (QED) is 0.611. The van der Waals surface area contributed by atoms with Gasteiger partial charge in [-0.3, -0.25) is 10.1 Å². The van der Waals surface area contributed by atoms with Gasteiger partial charge in [0.15, 0.2) is 0 Å². The zero-order chi connectivity index (χ0) is 16.6. The maximum Gasteiger partial charge on any atom is 0.409 e. The van der Waals surface area contributed by atoms with Crippen LogP contribution in [0, 0.1) is 0 Å². The number of carbonyl (C=O) groups excluding carboxylic acids is 3. The molecular formula is C15H20N2O5. The molecule has 2 N–H and O–H groups in total. The molecule has 0 bridgehead atoms. The van der Waals surface area contributed by atoms with Gasteiger partial charge < -0.3 is 14.8 Å². The lowest BCUT2D eigenvalue weighted by atomic mass is 10.2. The van der Waals surface area contributed by atoms with Crippen LogP contribution in [0.1, 0.15) is 26.3 Å². The van der Waals surface area contributed by atoms with Crippen LogP contribution in [0.15, 0.2) is 30.3 Å². The van der Waals surface area contributed by atoms with E-state index in [1.807, 2.05) is 18.2 Å². The number of ether oxygens (including phenoxy) is 2. The molecular weight excluding hydrogens is 288 g/mol. The smallest absolute Gasteiger partial charge is 0.409 e. The molecule has 0 saturated carbocycles. The highest BCUT2D eigenvalue weighted by atomic mass is 16.6. The average Bonchev–Trinajstić information content (AvgIpc) is 2.45. The standard InChI is InChI=1S/C15H20N2O5/c1-4-21-13(19)15(3,16-11(2)18)17-14(20)22-10-12-8-6-5-7-9-12/h5-9H,4,10H2,1-3H3,(H,16,18)(H,17,20). The molecule has 1 aromatic rings. The number of hydrogen-bond acceptors (Lipinski definition) is 5. The third kappa shape index (κ3) is 5.43. The fourth-order valence-corrected chi connectivity index (χ4v) is 1.72. The van der Waals surface area contributed by atoms with Crippen LogP contribution < -0.4 is 10.6 Å². The number of amides is 2. The molecule has 1 unspecified atom stereocenters. The lowest BCUT2D eigenvalue weighted by Crippen LogP contribution is -2.63. The van der Waals surface area contributed by atoms with E-state index < -0.39 is 23.6 Å². The maximum atomic E-state index is 11.9. The first-order chi connectivity index (χ1) is 10.4. The lowest BCUT2D eigenvalue weighted by molar-refractivity contribution is -0.153. The minimum absolute atomic E-state index is 0.0473. The lowest BCUT2D eigenvalue weighted by Gasteiger charge is -2.28. The van der Waals surface area contributed by atoms with E-state index in [2.05, 4.69) is 10.6 Å². The van der Waals surface area contributed by atoms with E-state index in [4.69, 9.17) is 9.47 Å². The van der Waals surface area contributed by atoms with Crippen molar-refractivity contribution in [2.75, 3.05) is 6.61 Å². The van der Waals surface area contributed by atoms with Crippen LogP contribution in [-0.2, 0) is 25.7 Å². The number of alkyl carbamates (subject to hydrolysis) is 1. The predicted molar refractivity (Wildman–Crippen MR) is 78.6 cm³/mol.